The van der Waals surface area contributed by atoms with E-state index in [-0.39, 0.29) is 23.5 Å². The molecule has 0 aliphatic carbocycles. The van der Waals surface area contributed by atoms with Crippen LogP contribution in [0.15, 0.2) is 11.1 Å². The number of aliphatic hydroxyl groups is 2. The van der Waals surface area contributed by atoms with Crippen molar-refractivity contribution in [2.24, 2.45) is 0 Å². The zero-order valence-corrected chi connectivity index (χ0v) is 10.7. The van der Waals surface area contributed by atoms with Crippen molar-refractivity contribution in [3.8, 4) is 0 Å². The van der Waals surface area contributed by atoms with Crippen molar-refractivity contribution in [1.82, 2.24) is 19.5 Å². The lowest BCUT2D eigenvalue weighted by molar-refractivity contribution is -0.112. The molecule has 2 aromatic rings. The van der Waals surface area contributed by atoms with E-state index in [4.69, 9.17) is 10.5 Å². The molecule has 1 saturated heterocycles. The molecule has 3 rings (SSSR count). The van der Waals surface area contributed by atoms with Gasteiger partial charge in [-0.3, -0.25) is 14.3 Å². The van der Waals surface area contributed by atoms with Crippen LogP contribution in [-0.4, -0.2) is 54.3 Å². The Morgan fingerprint density at radius 1 is 1.48 bits per heavy atom. The van der Waals surface area contributed by atoms with Crippen molar-refractivity contribution in [3.05, 3.63) is 16.7 Å². The summed E-state index contributed by atoms with van der Waals surface area (Å²) >= 11 is 0. The molecule has 21 heavy (non-hydrogen) atoms. The molecule has 5 N–H and O–H groups in total. The summed E-state index contributed by atoms with van der Waals surface area (Å²) in [6.07, 6.45) is -2.56. The minimum atomic E-state index is -1.28. The zero-order valence-electron chi connectivity index (χ0n) is 10.7. The van der Waals surface area contributed by atoms with E-state index in [1.165, 1.54) is 10.9 Å². The predicted molar refractivity (Wildman–Crippen MR) is 69.2 cm³/mol. The topological polar surface area (TPSA) is 156 Å². The Morgan fingerprint density at radius 2 is 2.24 bits per heavy atom. The Kier molecular flexibility index (Phi) is 3.20. The maximum atomic E-state index is 11.7. The van der Waals surface area contributed by atoms with Gasteiger partial charge >= 0.3 is 0 Å². The van der Waals surface area contributed by atoms with Gasteiger partial charge in [0.2, 0.25) is 5.95 Å². The van der Waals surface area contributed by atoms with E-state index < -0.39 is 30.1 Å². The fourth-order valence-electron chi connectivity index (χ4n) is 2.38. The largest absolute Gasteiger partial charge is 0.388 e. The van der Waals surface area contributed by atoms with Crippen LogP contribution in [0.5, 0.6) is 0 Å². The smallest absolute Gasteiger partial charge is 0.280 e. The maximum absolute atomic E-state index is 11.7. The lowest BCUT2D eigenvalue weighted by Crippen LogP contribution is -2.31. The van der Waals surface area contributed by atoms with Gasteiger partial charge in [0.1, 0.15) is 18.5 Å². The highest BCUT2D eigenvalue weighted by Gasteiger charge is 2.44. The van der Waals surface area contributed by atoms with Gasteiger partial charge in [0.25, 0.3) is 5.56 Å². The normalized spacial score (nSPS) is 29.0. The molecule has 4 atom stereocenters. The molecule has 3 heterocycles. The Morgan fingerprint density at radius 3 is 2.95 bits per heavy atom. The number of nitrogens with zero attached hydrogens (tertiary/aromatic N) is 3. The van der Waals surface area contributed by atoms with Crippen molar-refractivity contribution >= 4 is 23.4 Å². The average Bonchev–Trinajstić information content (AvgIpc) is 2.96. The van der Waals surface area contributed by atoms with Gasteiger partial charge in [-0.1, -0.05) is 0 Å². The number of H-pyrrole nitrogens is 1. The van der Waals surface area contributed by atoms with Crippen LogP contribution in [0.1, 0.15) is 12.6 Å². The number of rotatable bonds is 3. The molecule has 10 heteroatoms. The SMILES string of the molecule is Nc1nc2c(ncn2[C@@H]2O[C@H](CC=O)[C@@H](O)[C@H]2O)c(=O)[nH]1. The lowest BCUT2D eigenvalue weighted by Gasteiger charge is -2.16. The van der Waals surface area contributed by atoms with Gasteiger partial charge in [0, 0.05) is 6.42 Å². The van der Waals surface area contributed by atoms with Gasteiger partial charge in [0.05, 0.1) is 12.4 Å². The van der Waals surface area contributed by atoms with Gasteiger partial charge in [-0.05, 0) is 0 Å². The first kappa shape index (κ1) is 13.7. The number of aliphatic hydroxyl groups excluding tert-OH is 2. The number of aromatic amines is 1. The highest BCUT2D eigenvalue weighted by molar-refractivity contribution is 5.70. The summed E-state index contributed by atoms with van der Waals surface area (Å²) in [7, 11) is 0. The van der Waals surface area contributed by atoms with E-state index in [2.05, 4.69) is 15.0 Å². The number of aromatic nitrogens is 4. The first-order valence-electron chi connectivity index (χ1n) is 6.20. The molecule has 0 aromatic carbocycles. The Hall–Kier alpha value is -2.30. The maximum Gasteiger partial charge on any atom is 0.280 e. The van der Waals surface area contributed by atoms with E-state index in [1.807, 2.05) is 0 Å². The third-order valence-corrected chi connectivity index (χ3v) is 3.39. The van der Waals surface area contributed by atoms with Crippen molar-refractivity contribution in [2.45, 2.75) is 31.0 Å². The molecule has 2 aromatic heterocycles. The van der Waals surface area contributed by atoms with E-state index in [1.54, 1.807) is 0 Å². The molecule has 0 unspecified atom stereocenters. The van der Waals surface area contributed by atoms with Crippen LogP contribution in [-0.2, 0) is 9.53 Å². The molecule has 0 amide bonds. The molecule has 1 fully saturated rings. The fourth-order valence-corrected chi connectivity index (χ4v) is 2.38. The van der Waals surface area contributed by atoms with Crippen molar-refractivity contribution in [1.29, 1.82) is 0 Å². The Bertz CT molecular complexity index is 740. The fraction of sp³-hybridized carbons (Fsp3) is 0.455. The lowest BCUT2D eigenvalue weighted by atomic mass is 10.1. The summed E-state index contributed by atoms with van der Waals surface area (Å²) in [6, 6.07) is 0. The van der Waals surface area contributed by atoms with E-state index in [0.29, 0.717) is 6.29 Å². The van der Waals surface area contributed by atoms with Crippen molar-refractivity contribution in [3.63, 3.8) is 0 Å². The van der Waals surface area contributed by atoms with Crippen LogP contribution in [0.2, 0.25) is 0 Å². The van der Waals surface area contributed by atoms with Crippen LogP contribution >= 0.6 is 0 Å². The third-order valence-electron chi connectivity index (χ3n) is 3.39. The number of aldehydes is 1. The van der Waals surface area contributed by atoms with Gasteiger partial charge in [0.15, 0.2) is 17.4 Å². The molecule has 0 saturated carbocycles. The van der Waals surface area contributed by atoms with Gasteiger partial charge in [-0.2, -0.15) is 4.98 Å². The summed E-state index contributed by atoms with van der Waals surface area (Å²) in [5, 5.41) is 19.9. The highest BCUT2D eigenvalue weighted by Crippen LogP contribution is 2.31. The molecular formula is C11H13N5O5. The number of carbonyl (C=O) groups excluding carboxylic acids is 1. The number of hydrogen-bond donors (Lipinski definition) is 4. The second kappa shape index (κ2) is 4.91. The standard InChI is InChI=1S/C11H13N5O5/c12-11-14-8-5(9(20)15-11)13-3-16(8)10-7(19)6(18)4(21-10)1-2-17/h2-4,6-7,10,18-19H,1H2,(H3,12,14,15,20)/t4-,6-,7-,10-/m1/s1. The van der Waals surface area contributed by atoms with E-state index >= 15 is 0 Å². The number of nitrogens with one attached hydrogen (secondary N) is 1. The second-order valence-corrected chi connectivity index (χ2v) is 4.72. The van der Waals surface area contributed by atoms with E-state index in [0.717, 1.165) is 0 Å². The third kappa shape index (κ3) is 2.09. The minimum absolute atomic E-state index is 0.0355. The van der Waals surface area contributed by atoms with Crippen LogP contribution in [0.25, 0.3) is 11.2 Å². The number of hydrogen-bond acceptors (Lipinski definition) is 8. The van der Waals surface area contributed by atoms with Gasteiger partial charge in [-0.15, -0.1) is 0 Å². The second-order valence-electron chi connectivity index (χ2n) is 4.72. The molecule has 0 spiro atoms. The summed E-state index contributed by atoms with van der Waals surface area (Å²) in [5.41, 5.74) is 5.12. The van der Waals surface area contributed by atoms with Gasteiger partial charge < -0.3 is 25.5 Å². The number of anilines is 1. The Balaban J connectivity index is 2.05. The number of fused-ring (bicyclic) bond motifs is 1. The van der Waals surface area contributed by atoms with Crippen molar-refractivity contribution in [2.75, 3.05) is 5.73 Å². The molecule has 1 aliphatic rings. The quantitative estimate of drug-likeness (QED) is 0.469. The Labute approximate surface area is 117 Å². The highest BCUT2D eigenvalue weighted by atomic mass is 16.6. The van der Waals surface area contributed by atoms with Gasteiger partial charge in [-0.25, -0.2) is 4.98 Å². The molecule has 1 aliphatic heterocycles. The van der Waals surface area contributed by atoms with Crippen LogP contribution in [0, 0.1) is 0 Å². The number of carbonyl (C=O) groups is 1. The number of nitrogen functional groups attached to an aromatic ring is 1. The number of ether oxygens (including phenoxy) is 1. The summed E-state index contributed by atoms with van der Waals surface area (Å²) in [6.45, 7) is 0. The predicted octanol–water partition coefficient (Wildman–Crippen LogP) is -2.09. The summed E-state index contributed by atoms with van der Waals surface area (Å²) < 4.78 is 6.76. The summed E-state index contributed by atoms with van der Waals surface area (Å²) in [4.78, 5) is 32.4. The van der Waals surface area contributed by atoms with Crippen LogP contribution in [0.3, 0.4) is 0 Å². The van der Waals surface area contributed by atoms with E-state index in [9.17, 15) is 19.8 Å². The first-order chi connectivity index (χ1) is 10.0. The number of imidazole rings is 1. The van der Waals surface area contributed by atoms with Crippen LogP contribution < -0.4 is 11.3 Å². The first-order valence-corrected chi connectivity index (χ1v) is 6.20. The molecule has 112 valence electrons. The molecule has 0 radical (unpaired) electrons. The van der Waals surface area contributed by atoms with Crippen LogP contribution in [0.4, 0.5) is 5.95 Å². The monoisotopic (exact) mass is 295 g/mol. The summed E-state index contributed by atoms with van der Waals surface area (Å²) in [5.74, 6) is -0.105. The minimum Gasteiger partial charge on any atom is -0.388 e. The molecule has 0 bridgehead atoms. The number of nitrogens with two attached hydrogens (primary N) is 1. The average molecular weight is 295 g/mol. The van der Waals surface area contributed by atoms with Crippen molar-refractivity contribution < 1.29 is 19.7 Å². The molecule has 10 nitrogen and oxygen atoms in total. The molecular weight excluding hydrogens is 282 g/mol. The zero-order chi connectivity index (χ0) is 15.1.